The lowest BCUT2D eigenvalue weighted by Crippen LogP contribution is -2.38. The van der Waals surface area contributed by atoms with Crippen LogP contribution in [0.4, 0.5) is 28.6 Å². The number of ether oxygens (including phenoxy) is 2. The van der Waals surface area contributed by atoms with Crippen molar-refractivity contribution in [2.75, 3.05) is 55.4 Å². The number of aryl methyl sites for hydroxylation is 1. The highest BCUT2D eigenvalue weighted by Crippen LogP contribution is 2.36. The van der Waals surface area contributed by atoms with Crippen LogP contribution in [0.15, 0.2) is 102 Å². The van der Waals surface area contributed by atoms with Gasteiger partial charge in [-0.05, 0) is 72.0 Å². The van der Waals surface area contributed by atoms with Crippen LogP contribution in [0.2, 0.25) is 0 Å². The summed E-state index contributed by atoms with van der Waals surface area (Å²) in [6.45, 7) is 13.0. The van der Waals surface area contributed by atoms with Gasteiger partial charge in [-0.15, -0.1) is 0 Å². The van der Waals surface area contributed by atoms with Crippen LogP contribution in [0.1, 0.15) is 42.3 Å². The van der Waals surface area contributed by atoms with Crippen molar-refractivity contribution in [2.24, 2.45) is 7.05 Å². The maximum absolute atomic E-state index is 14.3. The van der Waals surface area contributed by atoms with Crippen LogP contribution in [-0.2, 0) is 17.2 Å². The predicted molar refractivity (Wildman–Crippen MR) is 205 cm³/mol. The van der Waals surface area contributed by atoms with Gasteiger partial charge in [0.25, 0.3) is 11.5 Å². The number of aromatic nitrogens is 2. The van der Waals surface area contributed by atoms with E-state index in [1.54, 1.807) is 30.3 Å². The fourth-order valence-electron chi connectivity index (χ4n) is 6.15. The molecule has 0 unspecified atom stereocenters. The van der Waals surface area contributed by atoms with Crippen LogP contribution in [0, 0.1) is 6.92 Å². The molecular formula is C41H46N6O4. The summed E-state index contributed by atoms with van der Waals surface area (Å²) in [5, 5.41) is 3.17. The zero-order chi connectivity index (χ0) is 36.1. The van der Waals surface area contributed by atoms with Gasteiger partial charge in [0.2, 0.25) is 0 Å². The van der Waals surface area contributed by atoms with E-state index in [9.17, 15) is 9.59 Å². The summed E-state index contributed by atoms with van der Waals surface area (Å²) in [6, 6.07) is 28.6. The zero-order valence-electron chi connectivity index (χ0n) is 30.0. The molecule has 1 aliphatic heterocycles. The molecule has 51 heavy (non-hydrogen) atoms. The van der Waals surface area contributed by atoms with E-state index in [-0.39, 0.29) is 22.7 Å². The molecule has 10 heteroatoms. The van der Waals surface area contributed by atoms with Gasteiger partial charge in [-0.2, -0.15) is 0 Å². The molecule has 264 valence electrons. The number of nitrogens with zero attached hydrogens (tertiary/aromatic N) is 4. The third kappa shape index (κ3) is 8.14. The van der Waals surface area contributed by atoms with Crippen molar-refractivity contribution in [3.05, 3.63) is 124 Å². The standard InChI is InChI=1S/C41H46N6O4/c1-28-33(12-9-13-36(28)47(32-10-7-6-8-11-32)39(48)29-14-16-30(17-15-29)41(2,3)4)35-27-45(5)40(49)38(44-35)43-31-18-19-37(34(42)26-31)51-25-22-46-20-23-50-24-21-46/h6-19,26-27H,20-25,42H2,1-5H3,(H,43,44). The van der Waals surface area contributed by atoms with Crippen molar-refractivity contribution in [1.29, 1.82) is 0 Å². The number of para-hydroxylation sites is 1. The number of nitrogens with two attached hydrogens (primary N) is 1. The van der Waals surface area contributed by atoms with E-state index >= 15 is 0 Å². The first-order chi connectivity index (χ1) is 24.5. The monoisotopic (exact) mass is 686 g/mol. The minimum absolute atomic E-state index is 0.0320. The first-order valence-corrected chi connectivity index (χ1v) is 17.3. The van der Waals surface area contributed by atoms with E-state index < -0.39 is 0 Å². The van der Waals surface area contributed by atoms with Gasteiger partial charge in [0.1, 0.15) is 12.4 Å². The molecule has 4 aromatic carbocycles. The second-order valence-corrected chi connectivity index (χ2v) is 13.8. The highest BCUT2D eigenvalue weighted by molar-refractivity contribution is 6.11. The number of nitrogen functional groups attached to an aromatic ring is 1. The van der Waals surface area contributed by atoms with E-state index in [1.165, 1.54) is 4.57 Å². The third-order valence-electron chi connectivity index (χ3n) is 9.15. The van der Waals surface area contributed by atoms with Gasteiger partial charge >= 0.3 is 0 Å². The van der Waals surface area contributed by atoms with Gasteiger partial charge < -0.3 is 25.1 Å². The second-order valence-electron chi connectivity index (χ2n) is 13.8. The van der Waals surface area contributed by atoms with Gasteiger partial charge in [0.15, 0.2) is 5.82 Å². The normalized spacial score (nSPS) is 13.5. The number of carbonyl (C=O) groups excluding carboxylic acids is 1. The first-order valence-electron chi connectivity index (χ1n) is 17.3. The molecule has 6 rings (SSSR count). The lowest BCUT2D eigenvalue weighted by atomic mass is 9.86. The van der Waals surface area contributed by atoms with Crippen molar-refractivity contribution in [3.8, 4) is 17.0 Å². The number of morpholine rings is 1. The van der Waals surface area contributed by atoms with E-state index in [1.807, 2.05) is 85.8 Å². The zero-order valence-corrected chi connectivity index (χ0v) is 30.0. The highest BCUT2D eigenvalue weighted by atomic mass is 16.5. The fourth-order valence-corrected chi connectivity index (χ4v) is 6.15. The van der Waals surface area contributed by atoms with Crippen LogP contribution in [-0.4, -0.2) is 59.8 Å². The molecule has 1 amide bonds. The molecule has 0 atom stereocenters. The second kappa shape index (κ2) is 15.2. The minimum Gasteiger partial charge on any atom is -0.490 e. The number of hydrogen-bond donors (Lipinski definition) is 2. The van der Waals surface area contributed by atoms with Gasteiger partial charge in [0, 0.05) is 55.4 Å². The lowest BCUT2D eigenvalue weighted by Gasteiger charge is -2.26. The Bertz CT molecular complexity index is 2050. The molecule has 1 fully saturated rings. The van der Waals surface area contributed by atoms with E-state index in [0.29, 0.717) is 40.7 Å². The molecule has 1 aliphatic rings. The van der Waals surface area contributed by atoms with Gasteiger partial charge in [-0.25, -0.2) is 4.98 Å². The number of rotatable bonds is 10. The third-order valence-corrected chi connectivity index (χ3v) is 9.15. The van der Waals surface area contributed by atoms with Gasteiger partial charge in [-0.1, -0.05) is 63.2 Å². The van der Waals surface area contributed by atoms with Crippen LogP contribution < -0.4 is 26.2 Å². The molecule has 0 radical (unpaired) electrons. The molecule has 1 saturated heterocycles. The fraction of sp³-hybridized carbons (Fsp3) is 0.293. The van der Waals surface area contributed by atoms with Crippen molar-refractivity contribution < 1.29 is 14.3 Å². The maximum atomic E-state index is 14.3. The van der Waals surface area contributed by atoms with Crippen LogP contribution in [0.3, 0.4) is 0 Å². The Labute approximate surface area is 299 Å². The Balaban J connectivity index is 1.28. The molecule has 0 saturated carbocycles. The first kappa shape index (κ1) is 35.4. The van der Waals surface area contributed by atoms with Crippen molar-refractivity contribution in [2.45, 2.75) is 33.1 Å². The molecule has 0 spiro atoms. The van der Waals surface area contributed by atoms with Gasteiger partial charge in [0.05, 0.1) is 30.3 Å². The number of hydrogen-bond acceptors (Lipinski definition) is 8. The average Bonchev–Trinajstić information content (AvgIpc) is 3.12. The SMILES string of the molecule is Cc1c(-c2cn(C)c(=O)c(Nc3ccc(OCCN4CCOCC4)c(N)c3)n2)cccc1N(C(=O)c1ccc(C(C)(C)C)cc1)c1ccccc1. The molecule has 5 aromatic rings. The maximum Gasteiger partial charge on any atom is 0.293 e. The number of anilines is 5. The van der Waals surface area contributed by atoms with Crippen LogP contribution >= 0.6 is 0 Å². The molecule has 1 aromatic heterocycles. The quantitative estimate of drug-likeness (QED) is 0.150. The van der Waals surface area contributed by atoms with Crippen LogP contribution in [0.25, 0.3) is 11.3 Å². The van der Waals surface area contributed by atoms with Crippen molar-refractivity contribution in [3.63, 3.8) is 0 Å². The summed E-state index contributed by atoms with van der Waals surface area (Å²) in [4.78, 5) is 36.4. The summed E-state index contributed by atoms with van der Waals surface area (Å²) < 4.78 is 12.9. The molecule has 2 heterocycles. The smallest absolute Gasteiger partial charge is 0.293 e. The molecular weight excluding hydrogens is 640 g/mol. The van der Waals surface area contributed by atoms with Gasteiger partial charge in [-0.3, -0.25) is 19.4 Å². The number of nitrogens with one attached hydrogen (secondary N) is 1. The summed E-state index contributed by atoms with van der Waals surface area (Å²) in [5.41, 5.74) is 12.5. The summed E-state index contributed by atoms with van der Waals surface area (Å²) >= 11 is 0. The lowest BCUT2D eigenvalue weighted by molar-refractivity contribution is 0.0323. The number of benzene rings is 4. The number of carbonyl (C=O) groups is 1. The Kier molecular flexibility index (Phi) is 10.5. The summed E-state index contributed by atoms with van der Waals surface area (Å²) in [7, 11) is 1.69. The average molecular weight is 687 g/mol. The Morgan fingerprint density at radius 1 is 0.980 bits per heavy atom. The van der Waals surface area contributed by atoms with Crippen molar-refractivity contribution in [1.82, 2.24) is 14.5 Å². The highest BCUT2D eigenvalue weighted by Gasteiger charge is 2.24. The largest absolute Gasteiger partial charge is 0.490 e. The minimum atomic E-state index is -0.295. The summed E-state index contributed by atoms with van der Waals surface area (Å²) in [5.74, 6) is 0.581. The Morgan fingerprint density at radius 3 is 2.39 bits per heavy atom. The number of amides is 1. The Hall–Kier alpha value is -5.45. The molecule has 3 N–H and O–H groups in total. The topological polar surface area (TPSA) is 115 Å². The van der Waals surface area contributed by atoms with Crippen LogP contribution in [0.5, 0.6) is 5.75 Å². The Morgan fingerprint density at radius 2 is 1.71 bits per heavy atom. The predicted octanol–water partition coefficient (Wildman–Crippen LogP) is 7.07. The van der Waals surface area contributed by atoms with E-state index in [4.69, 9.17) is 20.2 Å². The van der Waals surface area contributed by atoms with E-state index in [0.717, 1.165) is 55.2 Å². The van der Waals surface area contributed by atoms with E-state index in [2.05, 4.69) is 31.0 Å². The molecule has 0 bridgehead atoms. The molecule has 0 aliphatic carbocycles. The molecule has 10 nitrogen and oxygen atoms in total. The van der Waals surface area contributed by atoms with Crippen molar-refractivity contribution >= 4 is 34.5 Å². The summed E-state index contributed by atoms with van der Waals surface area (Å²) in [6.07, 6.45) is 1.71.